The zero-order chi connectivity index (χ0) is 17.4. The average Bonchev–Trinajstić information content (AvgIpc) is 2.84. The van der Waals surface area contributed by atoms with Crippen molar-refractivity contribution in [1.29, 1.82) is 0 Å². The molecule has 1 saturated heterocycles. The second kappa shape index (κ2) is 6.42. The number of amides is 1. The van der Waals surface area contributed by atoms with Crippen LogP contribution < -0.4 is 5.32 Å². The maximum Gasteiger partial charge on any atom is 0.323 e. The lowest BCUT2D eigenvalue weighted by atomic mass is 9.83. The molecule has 23 heavy (non-hydrogen) atoms. The van der Waals surface area contributed by atoms with E-state index >= 15 is 0 Å². The SMILES string of the molecule is CC1CCC(N(C(=O)C(C)(C)C)[C@@H]2CN[C@](C)(C(=O)O)C2)CC1. The first kappa shape index (κ1) is 18.2. The standard InChI is InChI=1S/C18H32N2O3/c1-12-6-8-13(9-7-12)20(15(21)17(2,3)4)14-10-18(5,16(22)23)19-11-14/h12-14,19H,6-11H2,1-5H3,(H,22,23)/t12?,13?,14-,18-/m0/s1. The highest BCUT2D eigenvalue weighted by Gasteiger charge is 2.47. The summed E-state index contributed by atoms with van der Waals surface area (Å²) in [7, 11) is 0. The Morgan fingerprint density at radius 1 is 1.13 bits per heavy atom. The molecular weight excluding hydrogens is 292 g/mol. The van der Waals surface area contributed by atoms with Gasteiger partial charge in [-0.1, -0.05) is 27.7 Å². The molecule has 2 N–H and O–H groups in total. The Hall–Kier alpha value is -1.10. The van der Waals surface area contributed by atoms with Gasteiger partial charge in [0.2, 0.25) is 5.91 Å². The maximum atomic E-state index is 13.1. The van der Waals surface area contributed by atoms with E-state index in [0.29, 0.717) is 13.0 Å². The van der Waals surface area contributed by atoms with Crippen molar-refractivity contribution in [2.24, 2.45) is 11.3 Å². The highest BCUT2D eigenvalue weighted by molar-refractivity contribution is 5.83. The molecule has 2 aliphatic rings. The van der Waals surface area contributed by atoms with Crippen LogP contribution in [-0.2, 0) is 9.59 Å². The lowest BCUT2D eigenvalue weighted by Crippen LogP contribution is -2.53. The van der Waals surface area contributed by atoms with Gasteiger partial charge in [0.15, 0.2) is 0 Å². The predicted octanol–water partition coefficient (Wildman–Crippen LogP) is 2.65. The van der Waals surface area contributed by atoms with E-state index in [-0.39, 0.29) is 18.0 Å². The van der Waals surface area contributed by atoms with E-state index in [9.17, 15) is 14.7 Å². The van der Waals surface area contributed by atoms with Gasteiger partial charge in [-0.25, -0.2) is 0 Å². The molecule has 5 heteroatoms. The molecule has 1 amide bonds. The number of carboxylic acids is 1. The summed E-state index contributed by atoms with van der Waals surface area (Å²) in [5.41, 5.74) is -1.37. The van der Waals surface area contributed by atoms with Gasteiger partial charge in [-0.2, -0.15) is 0 Å². The Kier molecular flexibility index (Phi) is 5.09. The van der Waals surface area contributed by atoms with Gasteiger partial charge in [0.1, 0.15) is 5.54 Å². The number of aliphatic carboxylic acids is 1. The molecule has 0 aromatic rings. The molecule has 0 unspecified atom stereocenters. The molecular formula is C18H32N2O3. The molecule has 1 heterocycles. The summed E-state index contributed by atoms with van der Waals surface area (Å²) in [5.74, 6) is 0.0442. The van der Waals surface area contributed by atoms with Crippen molar-refractivity contribution in [1.82, 2.24) is 10.2 Å². The first-order valence-electron chi connectivity index (χ1n) is 8.86. The van der Waals surface area contributed by atoms with Crippen LogP contribution >= 0.6 is 0 Å². The molecule has 0 aromatic carbocycles. The number of carbonyl (C=O) groups excluding carboxylic acids is 1. The van der Waals surface area contributed by atoms with Crippen LogP contribution in [0.1, 0.15) is 66.7 Å². The van der Waals surface area contributed by atoms with Crippen LogP contribution in [0.4, 0.5) is 0 Å². The third kappa shape index (κ3) is 3.87. The van der Waals surface area contributed by atoms with Gasteiger partial charge in [0.05, 0.1) is 0 Å². The zero-order valence-corrected chi connectivity index (χ0v) is 15.2. The fraction of sp³-hybridized carbons (Fsp3) is 0.889. The van der Waals surface area contributed by atoms with E-state index in [1.807, 2.05) is 25.7 Å². The minimum atomic E-state index is -0.928. The van der Waals surface area contributed by atoms with E-state index in [4.69, 9.17) is 0 Å². The molecule has 0 aromatic heterocycles. The largest absolute Gasteiger partial charge is 0.480 e. The molecule has 0 bridgehead atoms. The minimum absolute atomic E-state index is 0.0266. The quantitative estimate of drug-likeness (QED) is 0.837. The van der Waals surface area contributed by atoms with Crippen molar-refractivity contribution in [3.05, 3.63) is 0 Å². The first-order valence-corrected chi connectivity index (χ1v) is 8.86. The maximum absolute atomic E-state index is 13.1. The van der Waals surface area contributed by atoms with E-state index < -0.39 is 16.9 Å². The molecule has 132 valence electrons. The van der Waals surface area contributed by atoms with Crippen molar-refractivity contribution in [2.45, 2.75) is 84.3 Å². The van der Waals surface area contributed by atoms with Crippen molar-refractivity contribution in [3.8, 4) is 0 Å². The minimum Gasteiger partial charge on any atom is -0.480 e. The lowest BCUT2D eigenvalue weighted by molar-refractivity contribution is -0.147. The number of nitrogens with zero attached hydrogens (tertiary/aromatic N) is 1. The summed E-state index contributed by atoms with van der Waals surface area (Å²) >= 11 is 0. The number of nitrogens with one attached hydrogen (secondary N) is 1. The van der Waals surface area contributed by atoms with Crippen molar-refractivity contribution < 1.29 is 14.7 Å². The summed E-state index contributed by atoms with van der Waals surface area (Å²) in [5, 5.41) is 12.6. The van der Waals surface area contributed by atoms with Crippen molar-refractivity contribution >= 4 is 11.9 Å². The Balaban J connectivity index is 2.21. The van der Waals surface area contributed by atoms with Gasteiger partial charge in [-0.05, 0) is 44.9 Å². The third-order valence-corrected chi connectivity index (χ3v) is 5.49. The summed E-state index contributed by atoms with van der Waals surface area (Å²) in [6.07, 6.45) is 4.84. The Labute approximate surface area is 139 Å². The van der Waals surface area contributed by atoms with Crippen LogP contribution in [0.25, 0.3) is 0 Å². The summed E-state index contributed by atoms with van der Waals surface area (Å²) in [6, 6.07) is 0.224. The van der Waals surface area contributed by atoms with Crippen LogP contribution in [0.3, 0.4) is 0 Å². The third-order valence-electron chi connectivity index (χ3n) is 5.49. The summed E-state index contributed by atoms with van der Waals surface area (Å²) in [4.78, 5) is 26.6. The zero-order valence-electron chi connectivity index (χ0n) is 15.2. The van der Waals surface area contributed by atoms with E-state index in [2.05, 4.69) is 12.2 Å². The highest BCUT2D eigenvalue weighted by Crippen LogP contribution is 2.34. The molecule has 1 aliphatic heterocycles. The second-order valence-electron chi connectivity index (χ2n) is 8.75. The number of rotatable bonds is 3. The summed E-state index contributed by atoms with van der Waals surface area (Å²) in [6.45, 7) is 10.4. The van der Waals surface area contributed by atoms with Crippen LogP contribution in [0.15, 0.2) is 0 Å². The molecule has 0 radical (unpaired) electrons. The van der Waals surface area contributed by atoms with Crippen LogP contribution in [-0.4, -0.2) is 46.1 Å². The number of hydrogen-bond donors (Lipinski definition) is 2. The van der Waals surface area contributed by atoms with Crippen LogP contribution in [0.2, 0.25) is 0 Å². The molecule has 2 atom stereocenters. The number of hydrogen-bond acceptors (Lipinski definition) is 3. The molecule has 2 fully saturated rings. The van der Waals surface area contributed by atoms with Gasteiger partial charge < -0.3 is 10.0 Å². The Morgan fingerprint density at radius 3 is 2.13 bits per heavy atom. The van der Waals surface area contributed by atoms with Gasteiger partial charge in [0.25, 0.3) is 0 Å². The molecule has 0 spiro atoms. The lowest BCUT2D eigenvalue weighted by Gasteiger charge is -2.43. The molecule has 1 saturated carbocycles. The van der Waals surface area contributed by atoms with Crippen LogP contribution in [0.5, 0.6) is 0 Å². The molecule has 5 nitrogen and oxygen atoms in total. The molecule has 1 aliphatic carbocycles. The average molecular weight is 324 g/mol. The van der Waals surface area contributed by atoms with Crippen molar-refractivity contribution in [2.75, 3.05) is 6.54 Å². The highest BCUT2D eigenvalue weighted by atomic mass is 16.4. The smallest absolute Gasteiger partial charge is 0.323 e. The van der Waals surface area contributed by atoms with E-state index in [1.165, 1.54) is 0 Å². The Bertz CT molecular complexity index is 463. The van der Waals surface area contributed by atoms with Crippen LogP contribution in [0, 0.1) is 11.3 Å². The first-order chi connectivity index (χ1) is 10.5. The van der Waals surface area contributed by atoms with E-state index in [0.717, 1.165) is 31.6 Å². The fourth-order valence-corrected chi connectivity index (χ4v) is 3.86. The molecule has 2 rings (SSSR count). The monoisotopic (exact) mass is 324 g/mol. The van der Waals surface area contributed by atoms with Gasteiger partial charge in [-0.3, -0.25) is 14.9 Å². The van der Waals surface area contributed by atoms with Gasteiger partial charge >= 0.3 is 5.97 Å². The predicted molar refractivity (Wildman–Crippen MR) is 90.2 cm³/mol. The van der Waals surface area contributed by atoms with Gasteiger partial charge in [0, 0.05) is 24.0 Å². The number of carboxylic acid groups (broad SMARTS) is 1. The normalized spacial score (nSPS) is 35.1. The second-order valence-corrected chi connectivity index (χ2v) is 8.75. The van der Waals surface area contributed by atoms with E-state index in [1.54, 1.807) is 6.92 Å². The topological polar surface area (TPSA) is 69.6 Å². The van der Waals surface area contributed by atoms with Gasteiger partial charge in [-0.15, -0.1) is 0 Å². The Morgan fingerprint density at radius 2 is 1.70 bits per heavy atom. The number of carbonyl (C=O) groups is 2. The summed E-state index contributed by atoms with van der Waals surface area (Å²) < 4.78 is 0. The fourth-order valence-electron chi connectivity index (χ4n) is 3.86. The van der Waals surface area contributed by atoms with Crippen molar-refractivity contribution in [3.63, 3.8) is 0 Å².